The van der Waals surface area contributed by atoms with Crippen molar-refractivity contribution in [3.05, 3.63) is 114 Å². The van der Waals surface area contributed by atoms with Crippen molar-refractivity contribution in [3.63, 3.8) is 0 Å². The number of fused-ring (bicyclic) bond motifs is 9. The Hall–Kier alpha value is -3.92. The van der Waals surface area contributed by atoms with Crippen molar-refractivity contribution in [1.29, 1.82) is 0 Å². The number of rotatable bonds is 2. The average Bonchev–Trinajstić information content (AvgIpc) is 3.13. The Morgan fingerprint density at radius 2 is 1.00 bits per heavy atom. The Morgan fingerprint density at radius 3 is 1.58 bits per heavy atom. The maximum Gasteiger partial charge on any atom is 0.488 e. The highest BCUT2D eigenvalue weighted by Crippen LogP contribution is 2.52. The van der Waals surface area contributed by atoms with E-state index >= 15 is 0 Å². The second kappa shape index (κ2) is 7.54. The maximum absolute atomic E-state index is 9.45. The van der Waals surface area contributed by atoms with E-state index < -0.39 is 7.12 Å². The SMILES string of the molecule is CC1(C)c2cc(-c3ccc(B(O)O)cc3)ccc2-c2cc3c4ccccc4c4ccccc4c3cc21. The quantitative estimate of drug-likeness (QED) is 0.219. The van der Waals surface area contributed by atoms with E-state index in [0.717, 1.165) is 11.1 Å². The first kappa shape index (κ1) is 21.4. The second-order valence-electron chi connectivity index (χ2n) is 10.4. The molecule has 0 unspecified atom stereocenters. The van der Waals surface area contributed by atoms with Gasteiger partial charge in [-0.2, -0.15) is 0 Å². The second-order valence-corrected chi connectivity index (χ2v) is 10.4. The summed E-state index contributed by atoms with van der Waals surface area (Å²) in [5.74, 6) is 0. The lowest BCUT2D eigenvalue weighted by molar-refractivity contribution is 0.426. The molecule has 1 aliphatic carbocycles. The Morgan fingerprint density at radius 1 is 0.500 bits per heavy atom. The average molecular weight is 464 g/mol. The molecule has 2 N–H and O–H groups in total. The van der Waals surface area contributed by atoms with Gasteiger partial charge in [0.1, 0.15) is 0 Å². The van der Waals surface area contributed by atoms with Gasteiger partial charge in [-0.05, 0) is 89.4 Å². The van der Waals surface area contributed by atoms with Crippen LogP contribution in [0.15, 0.2) is 103 Å². The summed E-state index contributed by atoms with van der Waals surface area (Å²) in [7, 11) is -1.45. The smallest absolute Gasteiger partial charge is 0.423 e. The van der Waals surface area contributed by atoms with Crippen molar-refractivity contribution in [2.24, 2.45) is 0 Å². The molecule has 0 atom stereocenters. The third-order valence-electron chi connectivity index (χ3n) is 8.08. The molecule has 6 aromatic rings. The van der Waals surface area contributed by atoms with Crippen LogP contribution in [0.3, 0.4) is 0 Å². The minimum absolute atomic E-state index is 0.136. The van der Waals surface area contributed by atoms with Crippen LogP contribution < -0.4 is 5.46 Å². The standard InChI is InChI=1S/C33H25BO2/c1-33(2)31-17-21(20-11-14-22(15-12-20)34(35)36)13-16-27(31)30-18-28-25-9-5-3-7-23(25)24-8-4-6-10-26(24)29(28)19-32(30)33/h3-19,35-36H,1-2H3. The van der Waals surface area contributed by atoms with Crippen LogP contribution in [0.2, 0.25) is 0 Å². The monoisotopic (exact) mass is 464 g/mol. The van der Waals surface area contributed by atoms with E-state index in [2.05, 4.69) is 92.7 Å². The molecule has 0 spiro atoms. The van der Waals surface area contributed by atoms with Crippen LogP contribution in [-0.2, 0) is 5.41 Å². The van der Waals surface area contributed by atoms with E-state index in [9.17, 15) is 10.0 Å². The van der Waals surface area contributed by atoms with Gasteiger partial charge in [0.2, 0.25) is 0 Å². The molecule has 0 saturated heterocycles. The van der Waals surface area contributed by atoms with Crippen LogP contribution in [0.5, 0.6) is 0 Å². The normalized spacial score (nSPS) is 13.8. The molecule has 0 amide bonds. The van der Waals surface area contributed by atoms with Gasteiger partial charge in [0, 0.05) is 5.41 Å². The summed E-state index contributed by atoms with van der Waals surface area (Å²) in [5.41, 5.74) is 7.85. The van der Waals surface area contributed by atoms with Crippen molar-refractivity contribution < 1.29 is 10.0 Å². The van der Waals surface area contributed by atoms with Crippen molar-refractivity contribution >= 4 is 44.9 Å². The molecule has 0 heterocycles. The molecule has 1 aliphatic rings. The molecular formula is C33H25BO2. The summed E-state index contributed by atoms with van der Waals surface area (Å²) >= 11 is 0. The van der Waals surface area contributed by atoms with Crippen molar-refractivity contribution in [3.8, 4) is 22.3 Å². The number of hydrogen-bond acceptors (Lipinski definition) is 2. The summed E-state index contributed by atoms with van der Waals surface area (Å²) in [6.07, 6.45) is 0. The minimum atomic E-state index is -1.45. The van der Waals surface area contributed by atoms with Gasteiger partial charge in [-0.3, -0.25) is 0 Å². The predicted molar refractivity (Wildman–Crippen MR) is 152 cm³/mol. The molecule has 7 rings (SSSR count). The topological polar surface area (TPSA) is 40.5 Å². The first-order chi connectivity index (χ1) is 17.4. The van der Waals surface area contributed by atoms with E-state index in [1.807, 2.05) is 12.1 Å². The Bertz CT molecular complexity index is 1830. The van der Waals surface area contributed by atoms with Crippen molar-refractivity contribution in [1.82, 2.24) is 0 Å². The molecule has 36 heavy (non-hydrogen) atoms. The van der Waals surface area contributed by atoms with Crippen molar-refractivity contribution in [2.75, 3.05) is 0 Å². The van der Waals surface area contributed by atoms with Gasteiger partial charge in [-0.15, -0.1) is 0 Å². The van der Waals surface area contributed by atoms with Gasteiger partial charge in [-0.25, -0.2) is 0 Å². The third-order valence-corrected chi connectivity index (χ3v) is 8.08. The zero-order chi connectivity index (χ0) is 24.6. The summed E-state index contributed by atoms with van der Waals surface area (Å²) in [6, 6.07) is 36.5. The molecule has 2 nitrogen and oxygen atoms in total. The minimum Gasteiger partial charge on any atom is -0.423 e. The number of hydrogen-bond donors (Lipinski definition) is 2. The Labute approximate surface area is 210 Å². The van der Waals surface area contributed by atoms with E-state index in [1.165, 1.54) is 54.6 Å². The van der Waals surface area contributed by atoms with E-state index in [-0.39, 0.29) is 5.41 Å². The van der Waals surface area contributed by atoms with E-state index in [1.54, 1.807) is 12.1 Å². The highest BCUT2D eigenvalue weighted by Gasteiger charge is 2.36. The zero-order valence-electron chi connectivity index (χ0n) is 20.3. The summed E-state index contributed by atoms with van der Waals surface area (Å²) in [4.78, 5) is 0. The van der Waals surface area contributed by atoms with Crippen LogP contribution in [-0.4, -0.2) is 17.2 Å². The Kier molecular flexibility index (Phi) is 4.48. The highest BCUT2D eigenvalue weighted by molar-refractivity contribution is 6.58. The number of benzene rings is 6. The lowest BCUT2D eigenvalue weighted by Gasteiger charge is -2.23. The van der Waals surface area contributed by atoms with Crippen LogP contribution in [0, 0.1) is 0 Å². The predicted octanol–water partition coefficient (Wildman–Crippen LogP) is 6.80. The molecule has 0 bridgehead atoms. The third kappa shape index (κ3) is 2.94. The highest BCUT2D eigenvalue weighted by atomic mass is 16.4. The fraction of sp³-hybridized carbons (Fsp3) is 0.0909. The van der Waals surface area contributed by atoms with Gasteiger partial charge >= 0.3 is 7.12 Å². The summed E-state index contributed by atoms with van der Waals surface area (Å²) in [5, 5.41) is 26.7. The molecule has 0 aliphatic heterocycles. The van der Waals surface area contributed by atoms with Gasteiger partial charge in [-0.1, -0.05) is 98.8 Å². The summed E-state index contributed by atoms with van der Waals surface area (Å²) < 4.78 is 0. The van der Waals surface area contributed by atoms with Crippen LogP contribution in [0.1, 0.15) is 25.0 Å². The molecule has 0 fully saturated rings. The first-order valence-electron chi connectivity index (χ1n) is 12.4. The van der Waals surface area contributed by atoms with Gasteiger partial charge in [0.15, 0.2) is 0 Å². The van der Waals surface area contributed by atoms with E-state index in [0.29, 0.717) is 5.46 Å². The van der Waals surface area contributed by atoms with Gasteiger partial charge in [0.05, 0.1) is 0 Å². The molecule has 3 heteroatoms. The van der Waals surface area contributed by atoms with Gasteiger partial charge < -0.3 is 10.0 Å². The van der Waals surface area contributed by atoms with Crippen LogP contribution >= 0.6 is 0 Å². The lowest BCUT2D eigenvalue weighted by Crippen LogP contribution is -2.29. The fourth-order valence-corrected chi connectivity index (χ4v) is 6.16. The Balaban J connectivity index is 1.48. The maximum atomic E-state index is 9.45. The largest absolute Gasteiger partial charge is 0.488 e. The molecule has 6 aromatic carbocycles. The molecule has 172 valence electrons. The molecule has 0 aromatic heterocycles. The summed E-state index contributed by atoms with van der Waals surface area (Å²) in [6.45, 7) is 4.64. The lowest BCUT2D eigenvalue weighted by atomic mass is 9.79. The fourth-order valence-electron chi connectivity index (χ4n) is 6.16. The van der Waals surface area contributed by atoms with Crippen molar-refractivity contribution in [2.45, 2.75) is 19.3 Å². The van der Waals surface area contributed by atoms with Gasteiger partial charge in [0.25, 0.3) is 0 Å². The zero-order valence-corrected chi connectivity index (χ0v) is 20.3. The van der Waals surface area contributed by atoms with E-state index in [4.69, 9.17) is 0 Å². The molecule has 0 radical (unpaired) electrons. The van der Waals surface area contributed by atoms with Crippen LogP contribution in [0.4, 0.5) is 0 Å². The molecule has 0 saturated carbocycles. The van der Waals surface area contributed by atoms with Crippen LogP contribution in [0.25, 0.3) is 54.6 Å². The first-order valence-corrected chi connectivity index (χ1v) is 12.4. The molecular weight excluding hydrogens is 439 g/mol.